The van der Waals surface area contributed by atoms with Crippen molar-refractivity contribution in [3.8, 4) is 0 Å². The Bertz CT molecular complexity index is 110. The lowest BCUT2D eigenvalue weighted by Crippen LogP contribution is -2.07. The van der Waals surface area contributed by atoms with Crippen LogP contribution in [-0.4, -0.2) is 6.10 Å². The van der Waals surface area contributed by atoms with E-state index in [1.54, 1.807) is 0 Å². The van der Waals surface area contributed by atoms with Gasteiger partial charge in [0, 0.05) is 0 Å². The summed E-state index contributed by atoms with van der Waals surface area (Å²) in [7, 11) is 0. The van der Waals surface area contributed by atoms with Crippen molar-refractivity contribution >= 4 is 0 Å². The highest BCUT2D eigenvalue weighted by molar-refractivity contribution is 4.71. The van der Waals surface area contributed by atoms with Gasteiger partial charge < -0.3 is 4.74 Å². The van der Waals surface area contributed by atoms with Crippen LogP contribution in [-0.2, 0) is 4.74 Å². The second-order valence-electron chi connectivity index (χ2n) is 3.22. The van der Waals surface area contributed by atoms with E-state index >= 15 is 0 Å². The number of hydrogen-bond donors (Lipinski definition) is 0. The molecule has 0 N–H and O–H groups in total. The van der Waals surface area contributed by atoms with E-state index in [0.717, 1.165) is 0 Å². The molecule has 0 unspecified atom stereocenters. The van der Waals surface area contributed by atoms with Crippen molar-refractivity contribution in [2.75, 3.05) is 0 Å². The first-order valence-electron chi connectivity index (χ1n) is 4.70. The van der Waals surface area contributed by atoms with Crippen molar-refractivity contribution < 1.29 is 4.74 Å². The van der Waals surface area contributed by atoms with Gasteiger partial charge in [0.1, 0.15) is 0 Å². The Labute approximate surface area is 69.4 Å². The van der Waals surface area contributed by atoms with E-state index in [1.807, 2.05) is 19.3 Å². The molecule has 64 valence electrons. The normalized spacial score (nSPS) is 21.9. The summed E-state index contributed by atoms with van der Waals surface area (Å²) in [4.78, 5) is 0. The fourth-order valence-electron chi connectivity index (χ4n) is 1.57. The lowest BCUT2D eigenvalue weighted by atomic mass is 10.2. The van der Waals surface area contributed by atoms with Crippen molar-refractivity contribution in [3.05, 3.63) is 12.3 Å². The van der Waals surface area contributed by atoms with Crippen LogP contribution in [0, 0.1) is 0 Å². The summed E-state index contributed by atoms with van der Waals surface area (Å²) in [5.41, 5.74) is 0. The van der Waals surface area contributed by atoms with E-state index in [1.165, 1.54) is 38.5 Å². The molecule has 1 nitrogen and oxygen atoms in total. The summed E-state index contributed by atoms with van der Waals surface area (Å²) in [6, 6.07) is 0. The SMILES string of the molecule is CC=COC1CCCCCC1. The molecular formula is C10H18O. The average molecular weight is 154 g/mol. The fraction of sp³-hybridized carbons (Fsp3) is 0.800. The maximum absolute atomic E-state index is 5.53. The van der Waals surface area contributed by atoms with Crippen LogP contribution in [0.1, 0.15) is 45.4 Å². The minimum absolute atomic E-state index is 0.508. The molecule has 0 aliphatic heterocycles. The third-order valence-electron chi connectivity index (χ3n) is 2.21. The molecule has 1 saturated carbocycles. The third kappa shape index (κ3) is 3.45. The van der Waals surface area contributed by atoms with Crippen LogP contribution in [0.3, 0.4) is 0 Å². The van der Waals surface area contributed by atoms with Crippen LogP contribution in [0.25, 0.3) is 0 Å². The molecule has 0 aromatic rings. The van der Waals surface area contributed by atoms with Crippen LogP contribution in [0.5, 0.6) is 0 Å². The van der Waals surface area contributed by atoms with Gasteiger partial charge >= 0.3 is 0 Å². The Morgan fingerprint density at radius 3 is 2.27 bits per heavy atom. The maximum atomic E-state index is 5.53. The first-order valence-corrected chi connectivity index (χ1v) is 4.70. The summed E-state index contributed by atoms with van der Waals surface area (Å²) >= 11 is 0. The van der Waals surface area contributed by atoms with E-state index in [2.05, 4.69) is 0 Å². The van der Waals surface area contributed by atoms with Crippen LogP contribution in [0.15, 0.2) is 12.3 Å². The molecule has 1 rings (SSSR count). The number of ether oxygens (including phenoxy) is 1. The van der Waals surface area contributed by atoms with Gasteiger partial charge in [-0.2, -0.15) is 0 Å². The zero-order valence-corrected chi connectivity index (χ0v) is 7.38. The van der Waals surface area contributed by atoms with Gasteiger partial charge in [0.25, 0.3) is 0 Å². The standard InChI is InChI=1S/C10H18O/c1-2-9-11-10-7-5-3-4-6-8-10/h2,9-10H,3-8H2,1H3. The van der Waals surface area contributed by atoms with Gasteiger partial charge in [-0.3, -0.25) is 0 Å². The highest BCUT2D eigenvalue weighted by Crippen LogP contribution is 2.19. The predicted molar refractivity (Wildman–Crippen MR) is 47.4 cm³/mol. The minimum atomic E-state index is 0.508. The zero-order valence-electron chi connectivity index (χ0n) is 7.38. The molecule has 0 heterocycles. The molecule has 0 atom stereocenters. The van der Waals surface area contributed by atoms with Crippen molar-refractivity contribution in [2.24, 2.45) is 0 Å². The van der Waals surface area contributed by atoms with Gasteiger partial charge in [-0.15, -0.1) is 0 Å². The Kier molecular flexibility index (Phi) is 4.10. The molecule has 0 spiro atoms. The van der Waals surface area contributed by atoms with Crippen molar-refractivity contribution in [1.29, 1.82) is 0 Å². The molecule has 0 aromatic carbocycles. The van der Waals surface area contributed by atoms with E-state index < -0.39 is 0 Å². The first kappa shape index (κ1) is 8.63. The highest BCUT2D eigenvalue weighted by atomic mass is 16.5. The molecule has 0 aromatic heterocycles. The third-order valence-corrected chi connectivity index (χ3v) is 2.21. The maximum Gasteiger partial charge on any atom is 0.0978 e. The largest absolute Gasteiger partial charge is 0.498 e. The van der Waals surface area contributed by atoms with Crippen LogP contribution in [0.4, 0.5) is 0 Å². The van der Waals surface area contributed by atoms with Gasteiger partial charge in [-0.25, -0.2) is 0 Å². The number of hydrogen-bond acceptors (Lipinski definition) is 1. The van der Waals surface area contributed by atoms with Gasteiger partial charge in [0.15, 0.2) is 0 Å². The second kappa shape index (κ2) is 5.22. The summed E-state index contributed by atoms with van der Waals surface area (Å²) in [6.07, 6.45) is 12.3. The molecule has 1 aliphatic carbocycles. The van der Waals surface area contributed by atoms with E-state index in [9.17, 15) is 0 Å². The second-order valence-corrected chi connectivity index (χ2v) is 3.22. The van der Waals surface area contributed by atoms with E-state index in [0.29, 0.717) is 6.10 Å². The summed E-state index contributed by atoms with van der Waals surface area (Å²) in [6.45, 7) is 2.00. The Morgan fingerprint density at radius 2 is 1.73 bits per heavy atom. The first-order chi connectivity index (χ1) is 5.43. The van der Waals surface area contributed by atoms with E-state index in [-0.39, 0.29) is 0 Å². The molecule has 1 heteroatoms. The van der Waals surface area contributed by atoms with Gasteiger partial charge in [-0.05, 0) is 32.6 Å². The summed E-state index contributed by atoms with van der Waals surface area (Å²) in [5.74, 6) is 0. The Morgan fingerprint density at radius 1 is 1.09 bits per heavy atom. The minimum Gasteiger partial charge on any atom is -0.498 e. The topological polar surface area (TPSA) is 9.23 Å². The fourth-order valence-corrected chi connectivity index (χ4v) is 1.57. The summed E-state index contributed by atoms with van der Waals surface area (Å²) < 4.78 is 5.53. The summed E-state index contributed by atoms with van der Waals surface area (Å²) in [5, 5.41) is 0. The van der Waals surface area contributed by atoms with Gasteiger partial charge in [0.2, 0.25) is 0 Å². The van der Waals surface area contributed by atoms with Crippen molar-refractivity contribution in [3.63, 3.8) is 0 Å². The van der Waals surface area contributed by atoms with Crippen LogP contribution in [0.2, 0.25) is 0 Å². The molecule has 0 bridgehead atoms. The number of rotatable bonds is 2. The van der Waals surface area contributed by atoms with Crippen molar-refractivity contribution in [1.82, 2.24) is 0 Å². The van der Waals surface area contributed by atoms with E-state index in [4.69, 9.17) is 4.74 Å². The number of allylic oxidation sites excluding steroid dienone is 1. The Hall–Kier alpha value is -0.460. The molecular weight excluding hydrogens is 136 g/mol. The molecule has 0 radical (unpaired) electrons. The lowest BCUT2D eigenvalue weighted by Gasteiger charge is -2.12. The quantitative estimate of drug-likeness (QED) is 0.438. The Balaban J connectivity index is 2.19. The lowest BCUT2D eigenvalue weighted by molar-refractivity contribution is 0.129. The zero-order chi connectivity index (χ0) is 7.94. The highest BCUT2D eigenvalue weighted by Gasteiger charge is 2.10. The molecule has 0 saturated heterocycles. The predicted octanol–water partition coefficient (Wildman–Crippen LogP) is 3.26. The van der Waals surface area contributed by atoms with Gasteiger partial charge in [0.05, 0.1) is 12.4 Å². The monoisotopic (exact) mass is 154 g/mol. The van der Waals surface area contributed by atoms with Crippen LogP contribution < -0.4 is 0 Å². The molecule has 11 heavy (non-hydrogen) atoms. The average Bonchev–Trinajstić information content (AvgIpc) is 2.28. The molecule has 1 fully saturated rings. The smallest absolute Gasteiger partial charge is 0.0978 e. The van der Waals surface area contributed by atoms with Gasteiger partial charge in [-0.1, -0.05) is 18.9 Å². The molecule has 1 aliphatic rings. The van der Waals surface area contributed by atoms with Crippen molar-refractivity contribution in [2.45, 2.75) is 51.6 Å². The molecule has 0 amide bonds. The van der Waals surface area contributed by atoms with Crippen LogP contribution >= 0.6 is 0 Å².